The van der Waals surface area contributed by atoms with E-state index >= 15 is 0 Å². The Labute approximate surface area is 114 Å². The van der Waals surface area contributed by atoms with Gasteiger partial charge in [0, 0.05) is 6.92 Å². The number of nitrogens with two attached hydrogens (primary N) is 1. The number of benzene rings is 1. The standard InChI is InChI=1S/C12H14N4O4/c1-6-15-16-12(20-6)14-11(19)8(13)4-7-2-3-9(17)10(18)5-7/h2-3,5,8,17-18H,4,13H2,1H3,(H,14,16,19)/t8-/m0/s1. The predicted molar refractivity (Wildman–Crippen MR) is 69.1 cm³/mol. The molecule has 0 bridgehead atoms. The molecule has 8 heteroatoms. The van der Waals surface area contributed by atoms with Gasteiger partial charge in [0.15, 0.2) is 11.5 Å². The van der Waals surface area contributed by atoms with Crippen molar-refractivity contribution in [3.63, 3.8) is 0 Å². The second-order valence-corrected chi connectivity index (χ2v) is 4.25. The van der Waals surface area contributed by atoms with Gasteiger partial charge in [0.05, 0.1) is 6.04 Å². The smallest absolute Gasteiger partial charge is 0.322 e. The lowest BCUT2D eigenvalue weighted by molar-refractivity contribution is -0.117. The third kappa shape index (κ3) is 3.23. The largest absolute Gasteiger partial charge is 0.504 e. The van der Waals surface area contributed by atoms with E-state index in [2.05, 4.69) is 15.5 Å². The number of hydrogen-bond donors (Lipinski definition) is 4. The average Bonchev–Trinajstić information content (AvgIpc) is 2.79. The molecule has 106 valence electrons. The average molecular weight is 278 g/mol. The van der Waals surface area contributed by atoms with Crippen molar-refractivity contribution in [2.45, 2.75) is 19.4 Å². The van der Waals surface area contributed by atoms with E-state index in [4.69, 9.17) is 10.2 Å². The summed E-state index contributed by atoms with van der Waals surface area (Å²) in [4.78, 5) is 11.8. The van der Waals surface area contributed by atoms with Crippen LogP contribution in [0.15, 0.2) is 22.6 Å². The Morgan fingerprint density at radius 2 is 2.15 bits per heavy atom. The third-order valence-corrected chi connectivity index (χ3v) is 2.59. The summed E-state index contributed by atoms with van der Waals surface area (Å²) in [6.45, 7) is 1.60. The Morgan fingerprint density at radius 3 is 2.75 bits per heavy atom. The number of carbonyl (C=O) groups is 1. The highest BCUT2D eigenvalue weighted by atomic mass is 16.4. The summed E-state index contributed by atoms with van der Waals surface area (Å²) in [7, 11) is 0. The fourth-order valence-electron chi connectivity index (χ4n) is 1.59. The zero-order chi connectivity index (χ0) is 14.7. The lowest BCUT2D eigenvalue weighted by Crippen LogP contribution is -2.37. The highest BCUT2D eigenvalue weighted by molar-refractivity contribution is 5.93. The monoisotopic (exact) mass is 278 g/mol. The molecule has 1 aromatic heterocycles. The predicted octanol–water partition coefficient (Wildman–Crippen LogP) is 0.298. The molecule has 5 N–H and O–H groups in total. The van der Waals surface area contributed by atoms with Gasteiger partial charge in [-0.05, 0) is 24.1 Å². The zero-order valence-electron chi connectivity index (χ0n) is 10.7. The minimum absolute atomic E-state index is 0.0171. The number of nitrogens with one attached hydrogen (secondary N) is 1. The molecular weight excluding hydrogens is 264 g/mol. The van der Waals surface area contributed by atoms with Gasteiger partial charge in [0.2, 0.25) is 11.8 Å². The minimum atomic E-state index is -0.855. The van der Waals surface area contributed by atoms with Crippen molar-refractivity contribution >= 4 is 11.9 Å². The van der Waals surface area contributed by atoms with Crippen LogP contribution in [-0.2, 0) is 11.2 Å². The van der Waals surface area contributed by atoms with Crippen molar-refractivity contribution in [2.24, 2.45) is 5.73 Å². The molecule has 1 heterocycles. The minimum Gasteiger partial charge on any atom is -0.504 e. The van der Waals surface area contributed by atoms with E-state index in [0.29, 0.717) is 11.5 Å². The number of anilines is 1. The van der Waals surface area contributed by atoms with Gasteiger partial charge in [-0.3, -0.25) is 10.1 Å². The van der Waals surface area contributed by atoms with Crippen LogP contribution in [0.4, 0.5) is 6.01 Å². The van der Waals surface area contributed by atoms with Gasteiger partial charge >= 0.3 is 6.01 Å². The van der Waals surface area contributed by atoms with Crippen molar-refractivity contribution in [3.05, 3.63) is 29.7 Å². The Hall–Kier alpha value is -2.61. The van der Waals surface area contributed by atoms with E-state index in [1.165, 1.54) is 12.1 Å². The molecule has 0 fully saturated rings. The number of aromatic nitrogens is 2. The van der Waals surface area contributed by atoms with E-state index < -0.39 is 11.9 Å². The number of aromatic hydroxyl groups is 2. The maximum atomic E-state index is 11.8. The highest BCUT2D eigenvalue weighted by Crippen LogP contribution is 2.25. The fraction of sp³-hybridized carbons (Fsp3) is 0.250. The summed E-state index contributed by atoms with van der Waals surface area (Å²) >= 11 is 0. The molecule has 0 aliphatic carbocycles. The number of rotatable bonds is 4. The van der Waals surface area contributed by atoms with E-state index in [1.54, 1.807) is 13.0 Å². The summed E-state index contributed by atoms with van der Waals surface area (Å²) in [5.74, 6) is -0.644. The molecule has 1 amide bonds. The molecule has 0 unspecified atom stereocenters. The van der Waals surface area contributed by atoms with Gasteiger partial charge in [-0.25, -0.2) is 0 Å². The Bertz CT molecular complexity index is 626. The quantitative estimate of drug-likeness (QED) is 0.590. The summed E-state index contributed by atoms with van der Waals surface area (Å²) in [6, 6.07) is 3.37. The number of amides is 1. The number of nitrogens with zero attached hydrogens (tertiary/aromatic N) is 2. The molecule has 0 saturated heterocycles. The Kier molecular flexibility index (Phi) is 3.85. The van der Waals surface area contributed by atoms with Gasteiger partial charge < -0.3 is 20.4 Å². The van der Waals surface area contributed by atoms with Crippen LogP contribution in [0.1, 0.15) is 11.5 Å². The summed E-state index contributed by atoms with van der Waals surface area (Å²) in [5.41, 5.74) is 6.36. The first-order valence-corrected chi connectivity index (χ1v) is 5.83. The lowest BCUT2D eigenvalue weighted by Gasteiger charge is -2.10. The van der Waals surface area contributed by atoms with Crippen molar-refractivity contribution in [1.29, 1.82) is 0 Å². The SMILES string of the molecule is Cc1nnc(NC(=O)[C@@H](N)Cc2ccc(O)c(O)c2)o1. The third-order valence-electron chi connectivity index (χ3n) is 2.59. The van der Waals surface area contributed by atoms with Crippen molar-refractivity contribution in [1.82, 2.24) is 10.2 Å². The maximum absolute atomic E-state index is 11.8. The molecular formula is C12H14N4O4. The number of carbonyl (C=O) groups excluding carboxylic acids is 1. The first-order chi connectivity index (χ1) is 9.45. The van der Waals surface area contributed by atoms with Gasteiger partial charge in [-0.15, -0.1) is 5.10 Å². The number of hydrogen-bond acceptors (Lipinski definition) is 7. The Balaban J connectivity index is 1.98. The van der Waals surface area contributed by atoms with Crippen molar-refractivity contribution < 1.29 is 19.4 Å². The van der Waals surface area contributed by atoms with Gasteiger partial charge in [-0.1, -0.05) is 11.2 Å². The zero-order valence-corrected chi connectivity index (χ0v) is 10.7. The van der Waals surface area contributed by atoms with E-state index in [-0.39, 0.29) is 23.9 Å². The van der Waals surface area contributed by atoms with Gasteiger partial charge in [0.1, 0.15) is 0 Å². The van der Waals surface area contributed by atoms with Crippen LogP contribution in [-0.4, -0.2) is 32.4 Å². The maximum Gasteiger partial charge on any atom is 0.322 e. The van der Waals surface area contributed by atoms with Gasteiger partial charge in [-0.2, -0.15) is 0 Å². The fourth-order valence-corrected chi connectivity index (χ4v) is 1.59. The lowest BCUT2D eigenvalue weighted by atomic mass is 10.1. The second kappa shape index (κ2) is 5.57. The summed E-state index contributed by atoms with van der Waals surface area (Å²) in [6.07, 6.45) is 0.187. The van der Waals surface area contributed by atoms with Crippen LogP contribution >= 0.6 is 0 Å². The molecule has 0 aliphatic heterocycles. The van der Waals surface area contributed by atoms with Crippen LogP contribution in [0.5, 0.6) is 11.5 Å². The molecule has 0 saturated carbocycles. The van der Waals surface area contributed by atoms with Crippen molar-refractivity contribution in [3.8, 4) is 11.5 Å². The normalized spacial score (nSPS) is 12.1. The molecule has 1 aromatic carbocycles. The highest BCUT2D eigenvalue weighted by Gasteiger charge is 2.17. The van der Waals surface area contributed by atoms with Crippen LogP contribution in [0.2, 0.25) is 0 Å². The topological polar surface area (TPSA) is 134 Å². The van der Waals surface area contributed by atoms with E-state index in [1.807, 2.05) is 0 Å². The molecule has 2 rings (SSSR count). The summed E-state index contributed by atoms with van der Waals surface area (Å²) in [5, 5.41) is 28.1. The molecule has 8 nitrogen and oxygen atoms in total. The van der Waals surface area contributed by atoms with Crippen molar-refractivity contribution in [2.75, 3.05) is 5.32 Å². The molecule has 20 heavy (non-hydrogen) atoms. The number of aryl methyl sites for hydroxylation is 1. The van der Waals surface area contributed by atoms with Gasteiger partial charge in [0.25, 0.3) is 0 Å². The van der Waals surface area contributed by atoms with E-state index in [9.17, 15) is 15.0 Å². The number of phenolic OH excluding ortho intramolecular Hbond substituents is 2. The molecule has 1 atom stereocenters. The first-order valence-electron chi connectivity index (χ1n) is 5.83. The Morgan fingerprint density at radius 1 is 1.40 bits per heavy atom. The second-order valence-electron chi connectivity index (χ2n) is 4.25. The van der Waals surface area contributed by atoms with Crippen LogP contribution < -0.4 is 11.1 Å². The molecule has 0 radical (unpaired) electrons. The summed E-state index contributed by atoms with van der Waals surface area (Å²) < 4.78 is 5.01. The molecule has 2 aromatic rings. The van der Waals surface area contributed by atoms with E-state index in [0.717, 1.165) is 0 Å². The first kappa shape index (κ1) is 13.8. The molecule has 0 spiro atoms. The molecule has 0 aliphatic rings. The van der Waals surface area contributed by atoms with Crippen LogP contribution in [0.3, 0.4) is 0 Å². The van der Waals surface area contributed by atoms with Crippen LogP contribution in [0, 0.1) is 6.92 Å². The number of phenols is 2. The van der Waals surface area contributed by atoms with Crippen LogP contribution in [0.25, 0.3) is 0 Å².